The molecule has 0 bridgehead atoms. The van der Waals surface area contributed by atoms with Gasteiger partial charge in [-0.3, -0.25) is 14.3 Å². The van der Waals surface area contributed by atoms with Gasteiger partial charge in [-0.25, -0.2) is 4.98 Å². The molecule has 1 fully saturated rings. The van der Waals surface area contributed by atoms with Crippen LogP contribution in [0.1, 0.15) is 30.7 Å². The molecule has 0 atom stereocenters. The molecule has 6 nitrogen and oxygen atoms in total. The Kier molecular flexibility index (Phi) is 6.19. The summed E-state index contributed by atoms with van der Waals surface area (Å²) in [6.45, 7) is 5.48. The lowest BCUT2D eigenvalue weighted by atomic mass is 10.2. The van der Waals surface area contributed by atoms with Crippen molar-refractivity contribution in [2.45, 2.75) is 38.8 Å². The van der Waals surface area contributed by atoms with Gasteiger partial charge in [0, 0.05) is 51.4 Å². The van der Waals surface area contributed by atoms with Gasteiger partial charge in [-0.15, -0.1) is 0 Å². The predicted molar refractivity (Wildman–Crippen MR) is 133 cm³/mol. The molecule has 0 saturated carbocycles. The van der Waals surface area contributed by atoms with Crippen LogP contribution in [0.5, 0.6) is 0 Å². The number of aryl methyl sites for hydroxylation is 1. The first-order valence-corrected chi connectivity index (χ1v) is 11.9. The molecule has 7 heteroatoms. The second-order valence-corrected chi connectivity index (χ2v) is 9.09. The van der Waals surface area contributed by atoms with Crippen LogP contribution in [0, 0.1) is 0 Å². The van der Waals surface area contributed by atoms with Gasteiger partial charge < -0.3 is 10.2 Å². The summed E-state index contributed by atoms with van der Waals surface area (Å²) >= 11 is 5.69. The standard InChI is InChI=1S/C25H29N5OS/c31-24-21-17-20(10-11-22(21)27-23-9-5-2-6-12-30(23)24)26-25(32)29-15-13-28(14-16-29)18-19-7-3-1-4-8-19/h1,3-4,7-8,10-11,17H,2,5-6,9,12-16,18H2,(H,26,32). The Hall–Kier alpha value is -2.77. The second-order valence-electron chi connectivity index (χ2n) is 8.71. The third-order valence-electron chi connectivity index (χ3n) is 6.48. The van der Waals surface area contributed by atoms with Crippen LogP contribution in [0.25, 0.3) is 10.9 Å². The van der Waals surface area contributed by atoms with Crippen LogP contribution in [0.4, 0.5) is 5.69 Å². The fourth-order valence-electron chi connectivity index (χ4n) is 4.65. The molecule has 1 saturated heterocycles. The fourth-order valence-corrected chi connectivity index (χ4v) is 4.95. The molecule has 2 aliphatic heterocycles. The number of hydrogen-bond acceptors (Lipinski definition) is 4. The number of rotatable bonds is 3. The van der Waals surface area contributed by atoms with Crippen LogP contribution in [-0.4, -0.2) is 50.6 Å². The van der Waals surface area contributed by atoms with Crippen molar-refractivity contribution in [1.29, 1.82) is 0 Å². The average molecular weight is 448 g/mol. The number of aromatic nitrogens is 2. The van der Waals surface area contributed by atoms with Crippen LogP contribution >= 0.6 is 12.2 Å². The largest absolute Gasteiger partial charge is 0.346 e. The Morgan fingerprint density at radius 3 is 2.59 bits per heavy atom. The summed E-state index contributed by atoms with van der Waals surface area (Å²) in [5.74, 6) is 0.921. The maximum absolute atomic E-state index is 13.1. The molecule has 5 rings (SSSR count). The summed E-state index contributed by atoms with van der Waals surface area (Å²) in [4.78, 5) is 22.5. The summed E-state index contributed by atoms with van der Waals surface area (Å²) in [6.07, 6.45) is 4.17. The summed E-state index contributed by atoms with van der Waals surface area (Å²) < 4.78 is 1.86. The lowest BCUT2D eigenvalue weighted by Gasteiger charge is -2.36. The summed E-state index contributed by atoms with van der Waals surface area (Å²) in [7, 11) is 0. The van der Waals surface area contributed by atoms with Crippen LogP contribution in [0.2, 0.25) is 0 Å². The molecule has 2 aromatic carbocycles. The van der Waals surface area contributed by atoms with E-state index >= 15 is 0 Å². The first kappa shape index (κ1) is 21.1. The van der Waals surface area contributed by atoms with Crippen molar-refractivity contribution >= 4 is 33.9 Å². The Balaban J connectivity index is 1.25. The van der Waals surface area contributed by atoms with Gasteiger partial charge in [-0.2, -0.15) is 0 Å². The Morgan fingerprint density at radius 1 is 0.969 bits per heavy atom. The predicted octanol–water partition coefficient (Wildman–Crippen LogP) is 3.64. The monoisotopic (exact) mass is 447 g/mol. The third-order valence-corrected chi connectivity index (χ3v) is 6.84. The normalized spacial score (nSPS) is 17.1. The highest BCUT2D eigenvalue weighted by atomic mass is 32.1. The maximum atomic E-state index is 13.1. The molecular formula is C25H29N5OS. The quantitative estimate of drug-likeness (QED) is 0.619. The van der Waals surface area contributed by atoms with Crippen molar-refractivity contribution < 1.29 is 0 Å². The number of anilines is 1. The number of hydrogen-bond donors (Lipinski definition) is 1. The van der Waals surface area contributed by atoms with E-state index in [-0.39, 0.29) is 5.56 Å². The molecule has 2 aliphatic rings. The molecular weight excluding hydrogens is 418 g/mol. The molecule has 3 heterocycles. The van der Waals surface area contributed by atoms with Crippen molar-refractivity contribution in [2.24, 2.45) is 0 Å². The second kappa shape index (κ2) is 9.38. The van der Waals surface area contributed by atoms with Crippen molar-refractivity contribution in [3.63, 3.8) is 0 Å². The summed E-state index contributed by atoms with van der Waals surface area (Å²) in [5, 5.41) is 4.73. The van der Waals surface area contributed by atoms with Gasteiger partial charge in [0.05, 0.1) is 10.9 Å². The molecule has 166 valence electrons. The van der Waals surface area contributed by atoms with E-state index in [0.717, 1.165) is 82.0 Å². The van der Waals surface area contributed by atoms with Gasteiger partial charge in [-0.05, 0) is 48.8 Å². The molecule has 1 aromatic heterocycles. The highest BCUT2D eigenvalue weighted by molar-refractivity contribution is 7.80. The number of nitrogens with zero attached hydrogens (tertiary/aromatic N) is 4. The Labute approximate surface area is 193 Å². The van der Waals surface area contributed by atoms with Crippen LogP contribution < -0.4 is 10.9 Å². The summed E-state index contributed by atoms with van der Waals surface area (Å²) in [5.41, 5.74) is 3.03. The van der Waals surface area contributed by atoms with E-state index in [2.05, 4.69) is 45.4 Å². The SMILES string of the molecule is O=c1c2cc(NC(=S)N3CCN(Cc4ccccc4)CC3)ccc2nc2n1CCCCC2. The zero-order valence-electron chi connectivity index (χ0n) is 18.3. The topological polar surface area (TPSA) is 53.4 Å². The Bertz CT molecular complexity index is 1170. The summed E-state index contributed by atoms with van der Waals surface area (Å²) in [6, 6.07) is 16.4. The van der Waals surface area contributed by atoms with Crippen LogP contribution in [0.15, 0.2) is 53.3 Å². The number of thiocarbonyl (C=S) groups is 1. The highest BCUT2D eigenvalue weighted by Crippen LogP contribution is 2.19. The maximum Gasteiger partial charge on any atom is 0.261 e. The average Bonchev–Trinajstić information content (AvgIpc) is 3.06. The van der Waals surface area contributed by atoms with Crippen molar-refractivity contribution in [2.75, 3.05) is 31.5 Å². The van der Waals surface area contributed by atoms with Crippen molar-refractivity contribution in [1.82, 2.24) is 19.4 Å². The molecule has 0 aliphatic carbocycles. The molecule has 1 N–H and O–H groups in total. The minimum Gasteiger partial charge on any atom is -0.346 e. The first-order valence-electron chi connectivity index (χ1n) is 11.5. The molecule has 0 spiro atoms. The van der Waals surface area contributed by atoms with Crippen LogP contribution in [-0.2, 0) is 19.5 Å². The van der Waals surface area contributed by atoms with Gasteiger partial charge in [0.25, 0.3) is 5.56 Å². The smallest absolute Gasteiger partial charge is 0.261 e. The zero-order chi connectivity index (χ0) is 21.9. The number of benzene rings is 2. The fraction of sp³-hybridized carbons (Fsp3) is 0.400. The third kappa shape index (κ3) is 4.54. The Morgan fingerprint density at radius 2 is 1.78 bits per heavy atom. The zero-order valence-corrected chi connectivity index (χ0v) is 19.1. The van der Waals surface area contributed by atoms with E-state index in [9.17, 15) is 4.79 Å². The van der Waals surface area contributed by atoms with Gasteiger partial charge in [0.2, 0.25) is 0 Å². The van der Waals surface area contributed by atoms with Gasteiger partial charge in [0.1, 0.15) is 5.82 Å². The van der Waals surface area contributed by atoms with Gasteiger partial charge in [-0.1, -0.05) is 36.8 Å². The van der Waals surface area contributed by atoms with E-state index in [1.54, 1.807) is 0 Å². The lowest BCUT2D eigenvalue weighted by molar-refractivity contribution is 0.177. The van der Waals surface area contributed by atoms with Gasteiger partial charge in [0.15, 0.2) is 5.11 Å². The van der Waals surface area contributed by atoms with E-state index in [0.29, 0.717) is 10.5 Å². The molecule has 0 unspecified atom stereocenters. The number of piperazine rings is 1. The minimum absolute atomic E-state index is 0.0657. The van der Waals surface area contributed by atoms with Crippen molar-refractivity contribution in [3.8, 4) is 0 Å². The molecule has 3 aromatic rings. The van der Waals surface area contributed by atoms with Crippen molar-refractivity contribution in [3.05, 3.63) is 70.3 Å². The van der Waals surface area contributed by atoms with Crippen LogP contribution in [0.3, 0.4) is 0 Å². The van der Waals surface area contributed by atoms with E-state index in [1.165, 1.54) is 5.56 Å². The molecule has 0 amide bonds. The highest BCUT2D eigenvalue weighted by Gasteiger charge is 2.20. The lowest BCUT2D eigenvalue weighted by Crippen LogP contribution is -2.49. The molecule has 32 heavy (non-hydrogen) atoms. The van der Waals surface area contributed by atoms with E-state index in [1.807, 2.05) is 22.8 Å². The number of fused-ring (bicyclic) bond motifs is 2. The minimum atomic E-state index is 0.0657. The molecule has 0 radical (unpaired) electrons. The van der Waals surface area contributed by atoms with Gasteiger partial charge >= 0.3 is 0 Å². The first-order chi connectivity index (χ1) is 15.7. The van der Waals surface area contributed by atoms with E-state index < -0.39 is 0 Å². The number of nitrogens with one attached hydrogen (secondary N) is 1. The van der Waals surface area contributed by atoms with E-state index in [4.69, 9.17) is 17.2 Å².